The van der Waals surface area contributed by atoms with Crippen molar-refractivity contribution in [3.05, 3.63) is 52.1 Å². The van der Waals surface area contributed by atoms with Crippen LogP contribution < -0.4 is 5.32 Å². The van der Waals surface area contributed by atoms with Gasteiger partial charge in [0.2, 0.25) is 0 Å². The summed E-state index contributed by atoms with van der Waals surface area (Å²) in [7, 11) is 1.90. The third-order valence-corrected chi connectivity index (χ3v) is 3.59. The van der Waals surface area contributed by atoms with Crippen LogP contribution in [0.4, 0.5) is 4.39 Å². The Balaban J connectivity index is 2.30. The summed E-state index contributed by atoms with van der Waals surface area (Å²) in [4.78, 5) is 0. The lowest BCUT2D eigenvalue weighted by Gasteiger charge is -2.18. The molecule has 1 unspecified atom stereocenters. The fraction of sp³-hybridized carbons (Fsp3) is 0.400. The van der Waals surface area contributed by atoms with Crippen LogP contribution in [-0.4, -0.2) is 16.3 Å². The predicted octanol–water partition coefficient (Wildman–Crippen LogP) is 3.41. The predicted molar refractivity (Wildman–Crippen MR) is 79.5 cm³/mol. The van der Waals surface area contributed by atoms with Gasteiger partial charge in [0.25, 0.3) is 0 Å². The Morgan fingerprint density at radius 3 is 2.80 bits per heavy atom. The summed E-state index contributed by atoms with van der Waals surface area (Å²) in [5, 5.41) is 7.90. The molecule has 108 valence electrons. The van der Waals surface area contributed by atoms with Gasteiger partial charge in [-0.3, -0.25) is 4.68 Å². The highest BCUT2D eigenvalue weighted by Crippen LogP contribution is 2.24. The van der Waals surface area contributed by atoms with Crippen molar-refractivity contribution in [1.29, 1.82) is 0 Å². The Hall–Kier alpha value is -1.39. The summed E-state index contributed by atoms with van der Waals surface area (Å²) in [5.41, 5.74) is 2.61. The first-order valence-corrected chi connectivity index (χ1v) is 7.07. The van der Waals surface area contributed by atoms with Gasteiger partial charge >= 0.3 is 0 Å². The smallest absolute Gasteiger partial charge is 0.145 e. The van der Waals surface area contributed by atoms with E-state index in [1.165, 1.54) is 0 Å². The van der Waals surface area contributed by atoms with Gasteiger partial charge in [-0.1, -0.05) is 30.7 Å². The SMILES string of the molecule is CCNC(Cc1cccc(Cl)c1F)c1cc(C)nn1C. The average molecular weight is 296 g/mol. The molecule has 20 heavy (non-hydrogen) atoms. The molecular formula is C15H19ClFN3. The number of likely N-dealkylation sites (N-methyl/N-ethyl adjacent to an activating group) is 1. The monoisotopic (exact) mass is 295 g/mol. The molecule has 0 saturated heterocycles. The molecule has 0 saturated carbocycles. The Kier molecular flexibility index (Phi) is 4.78. The molecule has 0 fully saturated rings. The lowest BCUT2D eigenvalue weighted by atomic mass is 10.0. The molecule has 0 aliphatic heterocycles. The van der Waals surface area contributed by atoms with Gasteiger partial charge in [-0.25, -0.2) is 4.39 Å². The zero-order valence-corrected chi connectivity index (χ0v) is 12.7. The number of benzene rings is 1. The lowest BCUT2D eigenvalue weighted by molar-refractivity contribution is 0.495. The maximum absolute atomic E-state index is 14.0. The molecule has 1 N–H and O–H groups in total. The van der Waals surface area contributed by atoms with Gasteiger partial charge in [-0.15, -0.1) is 0 Å². The van der Waals surface area contributed by atoms with Crippen LogP contribution in [0.25, 0.3) is 0 Å². The largest absolute Gasteiger partial charge is 0.309 e. The minimum atomic E-state index is -0.337. The van der Waals surface area contributed by atoms with Crippen LogP contribution in [-0.2, 0) is 13.5 Å². The Morgan fingerprint density at radius 2 is 2.20 bits per heavy atom. The third kappa shape index (κ3) is 3.19. The number of nitrogens with one attached hydrogen (secondary N) is 1. The molecule has 1 aromatic carbocycles. The van der Waals surface area contributed by atoms with E-state index in [1.54, 1.807) is 18.2 Å². The topological polar surface area (TPSA) is 29.9 Å². The molecule has 0 aliphatic carbocycles. The van der Waals surface area contributed by atoms with Gasteiger partial charge in [0.05, 0.1) is 22.5 Å². The van der Waals surface area contributed by atoms with Crippen molar-refractivity contribution in [2.24, 2.45) is 7.05 Å². The van der Waals surface area contributed by atoms with E-state index in [-0.39, 0.29) is 16.9 Å². The summed E-state index contributed by atoms with van der Waals surface area (Å²) in [6.07, 6.45) is 0.541. The summed E-state index contributed by atoms with van der Waals surface area (Å²) in [5.74, 6) is -0.337. The first-order valence-electron chi connectivity index (χ1n) is 6.69. The van der Waals surface area contributed by atoms with Crippen LogP contribution in [0.2, 0.25) is 5.02 Å². The van der Waals surface area contributed by atoms with E-state index < -0.39 is 0 Å². The van der Waals surface area contributed by atoms with Gasteiger partial charge in [0, 0.05) is 7.05 Å². The second-order valence-electron chi connectivity index (χ2n) is 4.86. The van der Waals surface area contributed by atoms with Crippen LogP contribution >= 0.6 is 11.6 Å². The highest BCUT2D eigenvalue weighted by atomic mass is 35.5. The molecule has 5 heteroatoms. The van der Waals surface area contributed by atoms with E-state index in [9.17, 15) is 4.39 Å². The molecule has 1 atom stereocenters. The van der Waals surface area contributed by atoms with E-state index in [2.05, 4.69) is 10.4 Å². The third-order valence-electron chi connectivity index (χ3n) is 3.30. The van der Waals surface area contributed by atoms with Crippen molar-refractivity contribution >= 4 is 11.6 Å². The average Bonchev–Trinajstić information content (AvgIpc) is 2.73. The molecule has 3 nitrogen and oxygen atoms in total. The summed E-state index contributed by atoms with van der Waals surface area (Å²) in [6, 6.07) is 7.15. The van der Waals surface area contributed by atoms with Gasteiger partial charge in [-0.05, 0) is 37.6 Å². The van der Waals surface area contributed by atoms with Gasteiger partial charge < -0.3 is 5.32 Å². The van der Waals surface area contributed by atoms with Crippen LogP contribution in [0.1, 0.15) is 29.9 Å². The zero-order chi connectivity index (χ0) is 14.7. The van der Waals surface area contributed by atoms with Crippen molar-refractivity contribution in [3.63, 3.8) is 0 Å². The van der Waals surface area contributed by atoms with Crippen molar-refractivity contribution in [2.45, 2.75) is 26.3 Å². The Morgan fingerprint density at radius 1 is 1.45 bits per heavy atom. The van der Waals surface area contributed by atoms with Gasteiger partial charge in [-0.2, -0.15) is 5.10 Å². The molecule has 0 bridgehead atoms. The first kappa shape index (κ1) is 15.0. The molecule has 2 aromatic rings. The fourth-order valence-electron chi connectivity index (χ4n) is 2.41. The number of aryl methyl sites for hydroxylation is 2. The molecule has 1 aromatic heterocycles. The molecule has 0 radical (unpaired) electrons. The van der Waals surface area contributed by atoms with Crippen molar-refractivity contribution in [3.8, 4) is 0 Å². The molecule has 2 rings (SSSR count). The van der Waals surface area contributed by atoms with Crippen LogP contribution in [0.3, 0.4) is 0 Å². The van der Waals surface area contributed by atoms with Crippen LogP contribution in [0.15, 0.2) is 24.3 Å². The maximum atomic E-state index is 14.0. The second kappa shape index (κ2) is 6.37. The van der Waals surface area contributed by atoms with E-state index in [0.29, 0.717) is 12.0 Å². The summed E-state index contributed by atoms with van der Waals surface area (Å²) < 4.78 is 15.9. The lowest BCUT2D eigenvalue weighted by Crippen LogP contribution is -2.25. The van der Waals surface area contributed by atoms with Crippen molar-refractivity contribution < 1.29 is 4.39 Å². The van der Waals surface area contributed by atoms with Crippen LogP contribution in [0.5, 0.6) is 0 Å². The molecule has 0 spiro atoms. The number of hydrogen-bond donors (Lipinski definition) is 1. The normalized spacial score (nSPS) is 12.7. The Labute approximate surface area is 123 Å². The zero-order valence-electron chi connectivity index (χ0n) is 12.0. The van der Waals surface area contributed by atoms with E-state index in [1.807, 2.05) is 31.6 Å². The van der Waals surface area contributed by atoms with Crippen LogP contribution in [0, 0.1) is 12.7 Å². The maximum Gasteiger partial charge on any atom is 0.145 e. The Bertz CT molecular complexity index is 595. The van der Waals surface area contributed by atoms with Crippen molar-refractivity contribution in [1.82, 2.24) is 15.1 Å². The van der Waals surface area contributed by atoms with E-state index in [4.69, 9.17) is 11.6 Å². The summed E-state index contributed by atoms with van der Waals surface area (Å²) >= 11 is 5.84. The minimum absolute atomic E-state index is 0.0131. The number of halogens is 2. The second-order valence-corrected chi connectivity index (χ2v) is 5.27. The highest BCUT2D eigenvalue weighted by molar-refractivity contribution is 6.30. The van der Waals surface area contributed by atoms with E-state index in [0.717, 1.165) is 17.9 Å². The minimum Gasteiger partial charge on any atom is -0.309 e. The van der Waals surface area contributed by atoms with Gasteiger partial charge in [0.15, 0.2) is 0 Å². The number of hydrogen-bond acceptors (Lipinski definition) is 2. The molecule has 1 heterocycles. The van der Waals surface area contributed by atoms with E-state index >= 15 is 0 Å². The number of nitrogens with zero attached hydrogens (tertiary/aromatic N) is 2. The highest BCUT2D eigenvalue weighted by Gasteiger charge is 2.18. The number of aromatic nitrogens is 2. The molecule has 0 amide bonds. The number of rotatable bonds is 5. The standard InChI is InChI=1S/C15H19ClFN3/c1-4-18-13(14-8-10(2)19-20(14)3)9-11-6-5-7-12(16)15(11)17/h5-8,13,18H,4,9H2,1-3H3. The van der Waals surface area contributed by atoms with Gasteiger partial charge in [0.1, 0.15) is 5.82 Å². The quantitative estimate of drug-likeness (QED) is 0.916. The molecular weight excluding hydrogens is 277 g/mol. The molecule has 0 aliphatic rings. The summed E-state index contributed by atoms with van der Waals surface area (Å²) in [6.45, 7) is 4.79. The first-order chi connectivity index (χ1) is 9.52. The van der Waals surface area contributed by atoms with Crippen molar-refractivity contribution in [2.75, 3.05) is 6.54 Å². The fourth-order valence-corrected chi connectivity index (χ4v) is 2.60.